The monoisotopic (exact) mass is 358 g/mol. The Kier molecular flexibility index (Phi) is 5.18. The summed E-state index contributed by atoms with van der Waals surface area (Å²) in [6.07, 6.45) is 0.175. The van der Waals surface area contributed by atoms with Crippen LogP contribution in [0.2, 0.25) is 0 Å². The maximum atomic E-state index is 14.0. The fourth-order valence-corrected chi connectivity index (χ4v) is 3.06. The van der Waals surface area contributed by atoms with Crippen molar-refractivity contribution in [3.05, 3.63) is 53.8 Å². The number of aliphatic hydroxyl groups is 1. The number of halogens is 1. The molecule has 6 nitrogen and oxygen atoms in total. The van der Waals surface area contributed by atoms with E-state index in [2.05, 4.69) is 5.32 Å². The highest BCUT2D eigenvalue weighted by Gasteiger charge is 2.32. The van der Waals surface area contributed by atoms with Crippen LogP contribution >= 0.6 is 0 Å². The minimum atomic E-state index is -0.699. The van der Waals surface area contributed by atoms with Crippen LogP contribution in [-0.2, 0) is 4.79 Å². The third kappa shape index (κ3) is 3.52. The van der Waals surface area contributed by atoms with E-state index in [1.807, 2.05) is 0 Å². The summed E-state index contributed by atoms with van der Waals surface area (Å²) in [4.78, 5) is 26.2. The second-order valence-corrected chi connectivity index (χ2v) is 6.06. The lowest BCUT2D eigenvalue weighted by molar-refractivity contribution is -0.128. The zero-order valence-corrected chi connectivity index (χ0v) is 14.0. The highest BCUT2D eigenvalue weighted by molar-refractivity contribution is 5.98. The SMILES string of the molecule is O=C1NCCN(C(=O)c2ccc(-c3ccc(O)cc3F)cc2)[C@@H]1CCO. The second kappa shape index (κ2) is 7.53. The number of nitrogens with one attached hydrogen (secondary N) is 1. The molecule has 2 aromatic carbocycles. The van der Waals surface area contributed by atoms with Crippen LogP contribution in [0, 0.1) is 5.82 Å². The maximum absolute atomic E-state index is 14.0. The lowest BCUT2D eigenvalue weighted by Crippen LogP contribution is -2.57. The first kappa shape index (κ1) is 17.9. The molecule has 3 N–H and O–H groups in total. The average Bonchev–Trinajstić information content (AvgIpc) is 2.63. The number of rotatable bonds is 4. The van der Waals surface area contributed by atoms with Gasteiger partial charge < -0.3 is 20.4 Å². The molecule has 1 saturated heterocycles. The Morgan fingerprint density at radius 1 is 1.23 bits per heavy atom. The van der Waals surface area contributed by atoms with Crippen LogP contribution in [0.15, 0.2) is 42.5 Å². The number of aromatic hydroxyl groups is 1. The maximum Gasteiger partial charge on any atom is 0.254 e. The first-order chi connectivity index (χ1) is 12.5. The second-order valence-electron chi connectivity index (χ2n) is 6.06. The molecule has 1 aliphatic heterocycles. The highest BCUT2D eigenvalue weighted by atomic mass is 19.1. The molecule has 0 saturated carbocycles. The minimum Gasteiger partial charge on any atom is -0.508 e. The van der Waals surface area contributed by atoms with E-state index in [0.717, 1.165) is 6.07 Å². The van der Waals surface area contributed by atoms with Gasteiger partial charge in [-0.25, -0.2) is 4.39 Å². The molecule has 0 radical (unpaired) electrons. The van der Waals surface area contributed by atoms with Crippen LogP contribution < -0.4 is 5.32 Å². The number of benzene rings is 2. The lowest BCUT2D eigenvalue weighted by Gasteiger charge is -2.34. The molecular formula is C19H19FN2O4. The molecule has 7 heteroatoms. The van der Waals surface area contributed by atoms with Gasteiger partial charge in [0, 0.05) is 36.9 Å². The summed E-state index contributed by atoms with van der Waals surface area (Å²) in [6.45, 7) is 0.536. The van der Waals surface area contributed by atoms with Gasteiger partial charge in [-0.2, -0.15) is 0 Å². The smallest absolute Gasteiger partial charge is 0.254 e. The first-order valence-corrected chi connectivity index (χ1v) is 8.29. The number of amides is 2. The Morgan fingerprint density at radius 2 is 1.96 bits per heavy atom. The van der Waals surface area contributed by atoms with Gasteiger partial charge in [0.25, 0.3) is 5.91 Å². The fraction of sp³-hybridized carbons (Fsp3) is 0.263. The van der Waals surface area contributed by atoms with E-state index >= 15 is 0 Å². The summed E-state index contributed by atoms with van der Waals surface area (Å²) >= 11 is 0. The molecular weight excluding hydrogens is 339 g/mol. The van der Waals surface area contributed by atoms with Gasteiger partial charge in [-0.05, 0) is 36.2 Å². The van der Waals surface area contributed by atoms with Gasteiger partial charge in [0.2, 0.25) is 5.91 Å². The molecule has 0 aromatic heterocycles. The molecule has 2 amide bonds. The Balaban J connectivity index is 1.83. The quantitative estimate of drug-likeness (QED) is 0.773. The molecule has 1 aliphatic rings. The van der Waals surface area contributed by atoms with Crippen molar-refractivity contribution in [1.29, 1.82) is 0 Å². The average molecular weight is 358 g/mol. The number of phenols is 1. The first-order valence-electron chi connectivity index (χ1n) is 8.29. The summed E-state index contributed by atoms with van der Waals surface area (Å²) in [7, 11) is 0. The van der Waals surface area contributed by atoms with Crippen molar-refractivity contribution >= 4 is 11.8 Å². The van der Waals surface area contributed by atoms with Crippen molar-refractivity contribution in [2.75, 3.05) is 19.7 Å². The van der Waals surface area contributed by atoms with E-state index in [4.69, 9.17) is 5.11 Å². The number of carbonyl (C=O) groups excluding carboxylic acids is 2. The molecule has 1 heterocycles. The summed E-state index contributed by atoms with van der Waals surface area (Å²) < 4.78 is 14.0. The zero-order chi connectivity index (χ0) is 18.7. The normalized spacial score (nSPS) is 17.1. The van der Waals surface area contributed by atoms with E-state index < -0.39 is 11.9 Å². The predicted octanol–water partition coefficient (Wildman–Crippen LogP) is 1.52. The predicted molar refractivity (Wildman–Crippen MR) is 93.0 cm³/mol. The van der Waals surface area contributed by atoms with E-state index in [0.29, 0.717) is 29.8 Å². The minimum absolute atomic E-state index is 0.156. The molecule has 0 aliphatic carbocycles. The molecule has 1 atom stereocenters. The van der Waals surface area contributed by atoms with Gasteiger partial charge in [0.15, 0.2) is 0 Å². The lowest BCUT2D eigenvalue weighted by atomic mass is 10.0. The Morgan fingerprint density at radius 3 is 2.62 bits per heavy atom. The Hall–Kier alpha value is -2.93. The van der Waals surface area contributed by atoms with Gasteiger partial charge in [-0.15, -0.1) is 0 Å². The van der Waals surface area contributed by atoms with Crippen LogP contribution in [0.4, 0.5) is 4.39 Å². The van der Waals surface area contributed by atoms with Crippen molar-refractivity contribution in [3.63, 3.8) is 0 Å². The topological polar surface area (TPSA) is 89.9 Å². The van der Waals surface area contributed by atoms with Crippen LogP contribution in [0.25, 0.3) is 11.1 Å². The molecule has 3 rings (SSSR count). The zero-order valence-electron chi connectivity index (χ0n) is 14.0. The summed E-state index contributed by atoms with van der Waals surface area (Å²) in [5.74, 6) is -1.30. The van der Waals surface area contributed by atoms with E-state index in [9.17, 15) is 19.1 Å². The van der Waals surface area contributed by atoms with Gasteiger partial charge in [-0.3, -0.25) is 9.59 Å². The number of phenolic OH excluding ortho intramolecular Hbond substituents is 1. The standard InChI is InChI=1S/C19H19FN2O4/c20-16-11-14(24)5-6-15(16)12-1-3-13(4-2-12)19(26)22-9-8-21-18(25)17(22)7-10-23/h1-6,11,17,23-24H,7-10H2,(H,21,25)/t17-/m1/s1. The van der Waals surface area contributed by atoms with Crippen molar-refractivity contribution in [2.24, 2.45) is 0 Å². The molecule has 136 valence electrons. The molecule has 2 aromatic rings. The van der Waals surface area contributed by atoms with Crippen molar-refractivity contribution in [2.45, 2.75) is 12.5 Å². The largest absolute Gasteiger partial charge is 0.508 e. The van der Waals surface area contributed by atoms with Gasteiger partial charge in [0.05, 0.1) is 0 Å². The van der Waals surface area contributed by atoms with E-state index in [-0.39, 0.29) is 30.6 Å². The molecule has 0 bridgehead atoms. The number of nitrogens with zero attached hydrogens (tertiary/aromatic N) is 1. The third-order valence-corrected chi connectivity index (χ3v) is 4.39. The fourth-order valence-electron chi connectivity index (χ4n) is 3.06. The molecule has 0 spiro atoms. The molecule has 26 heavy (non-hydrogen) atoms. The number of hydrogen-bond acceptors (Lipinski definition) is 4. The highest BCUT2D eigenvalue weighted by Crippen LogP contribution is 2.26. The van der Waals surface area contributed by atoms with Gasteiger partial charge in [-0.1, -0.05) is 12.1 Å². The number of aliphatic hydroxyl groups excluding tert-OH is 1. The van der Waals surface area contributed by atoms with Crippen molar-refractivity contribution < 1.29 is 24.2 Å². The van der Waals surface area contributed by atoms with Gasteiger partial charge >= 0.3 is 0 Å². The van der Waals surface area contributed by atoms with Crippen molar-refractivity contribution in [1.82, 2.24) is 10.2 Å². The third-order valence-electron chi connectivity index (χ3n) is 4.39. The summed E-state index contributed by atoms with van der Waals surface area (Å²) in [6, 6.07) is 9.58. The van der Waals surface area contributed by atoms with Crippen LogP contribution in [0.5, 0.6) is 5.75 Å². The van der Waals surface area contributed by atoms with Crippen LogP contribution in [0.1, 0.15) is 16.8 Å². The number of hydrogen-bond donors (Lipinski definition) is 3. The molecule has 1 fully saturated rings. The van der Waals surface area contributed by atoms with Crippen LogP contribution in [0.3, 0.4) is 0 Å². The van der Waals surface area contributed by atoms with Gasteiger partial charge in [0.1, 0.15) is 17.6 Å². The summed E-state index contributed by atoms with van der Waals surface area (Å²) in [5, 5.41) is 21.1. The number of carbonyl (C=O) groups is 2. The van der Waals surface area contributed by atoms with Crippen LogP contribution in [-0.4, -0.2) is 52.7 Å². The van der Waals surface area contributed by atoms with E-state index in [1.165, 1.54) is 17.0 Å². The Labute approximate surface area is 149 Å². The number of piperazine rings is 1. The van der Waals surface area contributed by atoms with E-state index in [1.54, 1.807) is 24.3 Å². The molecule has 0 unspecified atom stereocenters. The van der Waals surface area contributed by atoms with Crippen molar-refractivity contribution in [3.8, 4) is 16.9 Å². The summed E-state index contributed by atoms with van der Waals surface area (Å²) in [5.41, 5.74) is 1.27. The Bertz CT molecular complexity index is 823.